The van der Waals surface area contributed by atoms with Crippen molar-refractivity contribution < 1.29 is 14.3 Å². The molecule has 0 aliphatic carbocycles. The molecule has 5 nitrogen and oxygen atoms in total. The van der Waals surface area contributed by atoms with Crippen molar-refractivity contribution in [1.29, 1.82) is 0 Å². The van der Waals surface area contributed by atoms with E-state index in [4.69, 9.17) is 4.74 Å². The maximum Gasteiger partial charge on any atom is 0.261 e. The lowest BCUT2D eigenvalue weighted by Gasteiger charge is -2.33. The normalized spacial score (nSPS) is 12.2. The third-order valence-corrected chi connectivity index (χ3v) is 5.46. The number of rotatable bonds is 8. The molecule has 0 bridgehead atoms. The molecule has 0 fully saturated rings. The highest BCUT2D eigenvalue weighted by atomic mass is 79.9. The first-order valence-electron chi connectivity index (χ1n) is 10.1. The smallest absolute Gasteiger partial charge is 0.261 e. The average molecular weight is 475 g/mol. The SMILES string of the molecule is CC[C@@H](C(=O)NC(C)(C)C)N(Cc1ccccc1)C(=O)COc1ccc(Br)c(C)c1. The van der Waals surface area contributed by atoms with E-state index >= 15 is 0 Å². The van der Waals surface area contributed by atoms with Crippen molar-refractivity contribution in [2.75, 3.05) is 6.61 Å². The van der Waals surface area contributed by atoms with Gasteiger partial charge in [0, 0.05) is 16.6 Å². The van der Waals surface area contributed by atoms with Crippen LogP contribution in [0.2, 0.25) is 0 Å². The fourth-order valence-electron chi connectivity index (χ4n) is 3.09. The van der Waals surface area contributed by atoms with E-state index in [1.807, 2.05) is 83.1 Å². The Kier molecular flexibility index (Phi) is 8.47. The molecular weight excluding hydrogens is 444 g/mol. The van der Waals surface area contributed by atoms with E-state index in [1.165, 1.54) is 0 Å². The number of benzene rings is 2. The van der Waals surface area contributed by atoms with E-state index in [0.29, 0.717) is 18.7 Å². The van der Waals surface area contributed by atoms with Gasteiger partial charge in [-0.15, -0.1) is 0 Å². The van der Waals surface area contributed by atoms with E-state index in [9.17, 15) is 9.59 Å². The molecular formula is C24H31BrN2O3. The van der Waals surface area contributed by atoms with Crippen LogP contribution >= 0.6 is 15.9 Å². The van der Waals surface area contributed by atoms with Crippen molar-refractivity contribution in [3.05, 3.63) is 64.1 Å². The van der Waals surface area contributed by atoms with Crippen LogP contribution in [0.25, 0.3) is 0 Å². The topological polar surface area (TPSA) is 58.6 Å². The van der Waals surface area contributed by atoms with Crippen molar-refractivity contribution in [3.63, 3.8) is 0 Å². The van der Waals surface area contributed by atoms with Gasteiger partial charge in [-0.05, 0) is 63.4 Å². The fourth-order valence-corrected chi connectivity index (χ4v) is 3.33. The standard InChI is InChI=1S/C24H31BrN2O3/c1-6-21(23(29)26-24(3,4)5)27(15-18-10-8-7-9-11-18)22(28)16-30-19-12-13-20(25)17(2)14-19/h7-14,21H,6,15-16H2,1-5H3,(H,26,29)/t21-/m0/s1. The Hall–Kier alpha value is -2.34. The van der Waals surface area contributed by atoms with Gasteiger partial charge in [-0.3, -0.25) is 9.59 Å². The number of carbonyl (C=O) groups excluding carboxylic acids is 2. The van der Waals surface area contributed by atoms with Crippen LogP contribution in [0.4, 0.5) is 0 Å². The zero-order valence-electron chi connectivity index (χ0n) is 18.4. The van der Waals surface area contributed by atoms with Crippen LogP contribution in [0.3, 0.4) is 0 Å². The Bertz CT molecular complexity index is 862. The predicted molar refractivity (Wildman–Crippen MR) is 123 cm³/mol. The summed E-state index contributed by atoms with van der Waals surface area (Å²) in [7, 11) is 0. The van der Waals surface area contributed by atoms with Gasteiger partial charge in [0.2, 0.25) is 5.91 Å². The minimum atomic E-state index is -0.577. The highest BCUT2D eigenvalue weighted by Gasteiger charge is 2.30. The van der Waals surface area contributed by atoms with Gasteiger partial charge in [-0.25, -0.2) is 0 Å². The Morgan fingerprint density at radius 2 is 1.80 bits per heavy atom. The number of nitrogens with zero attached hydrogens (tertiary/aromatic N) is 1. The van der Waals surface area contributed by atoms with E-state index in [2.05, 4.69) is 21.2 Å². The van der Waals surface area contributed by atoms with E-state index in [0.717, 1.165) is 15.6 Å². The monoisotopic (exact) mass is 474 g/mol. The van der Waals surface area contributed by atoms with Gasteiger partial charge in [0.15, 0.2) is 6.61 Å². The van der Waals surface area contributed by atoms with E-state index in [-0.39, 0.29) is 24.0 Å². The summed E-state index contributed by atoms with van der Waals surface area (Å²) in [5.41, 5.74) is 1.61. The van der Waals surface area contributed by atoms with Crippen molar-refractivity contribution in [3.8, 4) is 5.75 Å². The van der Waals surface area contributed by atoms with Crippen LogP contribution in [0.1, 0.15) is 45.2 Å². The summed E-state index contributed by atoms with van der Waals surface area (Å²) in [4.78, 5) is 27.7. The van der Waals surface area contributed by atoms with Crippen molar-refractivity contribution in [2.45, 2.75) is 59.2 Å². The summed E-state index contributed by atoms with van der Waals surface area (Å²) in [6.07, 6.45) is 0.512. The molecule has 0 saturated carbocycles. The molecule has 30 heavy (non-hydrogen) atoms. The van der Waals surface area contributed by atoms with Crippen LogP contribution in [0.15, 0.2) is 53.0 Å². The second-order valence-electron chi connectivity index (χ2n) is 8.37. The number of nitrogens with one attached hydrogen (secondary N) is 1. The minimum absolute atomic E-state index is 0.132. The lowest BCUT2D eigenvalue weighted by atomic mass is 10.1. The molecule has 0 saturated heterocycles. The van der Waals surface area contributed by atoms with Crippen LogP contribution < -0.4 is 10.1 Å². The van der Waals surface area contributed by atoms with Gasteiger partial charge in [-0.1, -0.05) is 53.2 Å². The van der Waals surface area contributed by atoms with Crippen LogP contribution in [0, 0.1) is 6.92 Å². The molecule has 0 spiro atoms. The maximum absolute atomic E-state index is 13.2. The van der Waals surface area contributed by atoms with Crippen LogP contribution in [-0.4, -0.2) is 34.9 Å². The van der Waals surface area contributed by atoms with Gasteiger partial charge in [-0.2, -0.15) is 0 Å². The molecule has 2 amide bonds. The highest BCUT2D eigenvalue weighted by molar-refractivity contribution is 9.10. The molecule has 2 rings (SSSR count). The Morgan fingerprint density at radius 3 is 2.37 bits per heavy atom. The van der Waals surface area contributed by atoms with Crippen molar-refractivity contribution >= 4 is 27.7 Å². The minimum Gasteiger partial charge on any atom is -0.484 e. The summed E-state index contributed by atoms with van der Waals surface area (Å²) < 4.78 is 6.74. The fraction of sp³-hybridized carbons (Fsp3) is 0.417. The number of hydrogen-bond acceptors (Lipinski definition) is 3. The number of aryl methyl sites for hydroxylation is 1. The lowest BCUT2D eigenvalue weighted by Crippen LogP contribution is -2.54. The Labute approximate surface area is 187 Å². The maximum atomic E-state index is 13.2. The largest absolute Gasteiger partial charge is 0.484 e. The number of amides is 2. The number of carbonyl (C=O) groups is 2. The number of hydrogen-bond donors (Lipinski definition) is 1. The zero-order valence-corrected chi connectivity index (χ0v) is 20.0. The first-order valence-corrected chi connectivity index (χ1v) is 10.9. The van der Waals surface area contributed by atoms with Crippen LogP contribution in [0.5, 0.6) is 5.75 Å². The van der Waals surface area contributed by atoms with Crippen molar-refractivity contribution in [2.24, 2.45) is 0 Å². The Morgan fingerprint density at radius 1 is 1.13 bits per heavy atom. The molecule has 2 aromatic rings. The third kappa shape index (κ3) is 7.17. The first-order chi connectivity index (χ1) is 14.1. The average Bonchev–Trinajstić information content (AvgIpc) is 2.68. The number of halogens is 1. The molecule has 2 aromatic carbocycles. The zero-order chi connectivity index (χ0) is 22.3. The second kappa shape index (κ2) is 10.6. The summed E-state index contributed by atoms with van der Waals surface area (Å²) in [5.74, 6) is 0.236. The van der Waals surface area contributed by atoms with Gasteiger partial charge in [0.25, 0.3) is 5.91 Å². The predicted octanol–water partition coefficient (Wildman–Crippen LogP) is 4.86. The van der Waals surface area contributed by atoms with Gasteiger partial charge >= 0.3 is 0 Å². The van der Waals surface area contributed by atoms with E-state index < -0.39 is 6.04 Å². The third-order valence-electron chi connectivity index (χ3n) is 4.57. The lowest BCUT2D eigenvalue weighted by molar-refractivity contribution is -0.143. The molecule has 0 unspecified atom stereocenters. The van der Waals surface area contributed by atoms with Gasteiger partial charge in [0.1, 0.15) is 11.8 Å². The summed E-state index contributed by atoms with van der Waals surface area (Å²) in [6.45, 7) is 9.88. The Balaban J connectivity index is 2.21. The quantitative estimate of drug-likeness (QED) is 0.594. The molecule has 1 N–H and O–H groups in total. The van der Waals surface area contributed by atoms with Crippen molar-refractivity contribution in [1.82, 2.24) is 10.2 Å². The summed E-state index contributed by atoms with van der Waals surface area (Å²) in [6, 6.07) is 14.7. The molecule has 0 heterocycles. The summed E-state index contributed by atoms with van der Waals surface area (Å²) >= 11 is 3.46. The van der Waals surface area contributed by atoms with Crippen LogP contribution in [-0.2, 0) is 16.1 Å². The highest BCUT2D eigenvalue weighted by Crippen LogP contribution is 2.22. The molecule has 6 heteroatoms. The molecule has 162 valence electrons. The molecule has 1 atom stereocenters. The van der Waals surface area contributed by atoms with Gasteiger partial charge < -0.3 is 15.0 Å². The molecule has 0 aliphatic heterocycles. The van der Waals surface area contributed by atoms with E-state index in [1.54, 1.807) is 4.90 Å². The number of ether oxygens (including phenoxy) is 1. The molecule has 0 aliphatic rings. The van der Waals surface area contributed by atoms with Gasteiger partial charge in [0.05, 0.1) is 0 Å². The molecule has 0 aromatic heterocycles. The first kappa shape index (κ1) is 23.9. The second-order valence-corrected chi connectivity index (χ2v) is 9.22. The summed E-state index contributed by atoms with van der Waals surface area (Å²) in [5, 5.41) is 3.00. The molecule has 0 radical (unpaired) electrons.